The van der Waals surface area contributed by atoms with Crippen LogP contribution in [0.1, 0.15) is 120 Å². The molecule has 0 nitrogen and oxygen atoms in total. The quantitative estimate of drug-likeness (QED) is 0.0729. The summed E-state index contributed by atoms with van der Waals surface area (Å²) in [6, 6.07) is 41.8. The molecule has 0 spiro atoms. The maximum absolute atomic E-state index is 11.2. The van der Waals surface area contributed by atoms with E-state index in [0.29, 0.717) is 9.52 Å². The van der Waals surface area contributed by atoms with Crippen LogP contribution in [0.4, 0.5) is 13.2 Å². The Morgan fingerprint density at radius 1 is 0.590 bits per heavy atom. The second kappa shape index (κ2) is 26.4. The van der Waals surface area contributed by atoms with Gasteiger partial charge >= 0.3 is 44.1 Å². The SMILES string of the molecule is CCc1ccc(-c2cccc3[cH-]c(CC4CCCCCC4)cc23)cc1.CCc1ccc(-c2cccc3[cH-]c(CC4CCCCCC4)cc23)cc1.C[Si]CCC(F)(F)F.[Cl][Zr+2][Cl]. The first-order valence-corrected chi connectivity index (χ1v) is 30.9. The Kier molecular flexibility index (Phi) is 21.4. The topological polar surface area (TPSA) is 0 Å². The van der Waals surface area contributed by atoms with Gasteiger partial charge in [-0.15, -0.1) is 69.1 Å². The molecule has 2 fully saturated rings. The minimum absolute atomic E-state index is 0.281. The van der Waals surface area contributed by atoms with Crippen molar-refractivity contribution >= 4 is 48.1 Å². The van der Waals surface area contributed by atoms with Crippen molar-refractivity contribution in [3.63, 3.8) is 0 Å². The fourth-order valence-corrected chi connectivity index (χ4v) is 9.78. The van der Waals surface area contributed by atoms with E-state index in [1.807, 2.05) is 0 Å². The minimum atomic E-state index is -3.94. The number of aryl methyl sites for hydroxylation is 2. The van der Waals surface area contributed by atoms with Gasteiger partial charge < -0.3 is 0 Å². The molecule has 324 valence electrons. The summed E-state index contributed by atoms with van der Waals surface area (Å²) in [6.07, 6.45) is 17.4. The third-order valence-corrected chi connectivity index (χ3v) is 13.4. The van der Waals surface area contributed by atoms with Crippen LogP contribution in [0.2, 0.25) is 12.6 Å². The van der Waals surface area contributed by atoms with E-state index in [1.165, 1.54) is 145 Å². The van der Waals surface area contributed by atoms with Crippen molar-refractivity contribution in [2.24, 2.45) is 11.8 Å². The monoisotopic (exact) mass is 958 g/mol. The van der Waals surface area contributed by atoms with E-state index in [2.05, 4.69) is 123 Å². The van der Waals surface area contributed by atoms with Crippen LogP contribution in [-0.4, -0.2) is 15.7 Å². The van der Waals surface area contributed by atoms with Gasteiger partial charge in [-0.1, -0.05) is 175 Å². The Hall–Kier alpha value is -2.43. The molecule has 0 N–H and O–H groups in total. The second-order valence-electron chi connectivity index (χ2n) is 17.1. The van der Waals surface area contributed by atoms with Crippen molar-refractivity contribution in [3.8, 4) is 22.3 Å². The Balaban J connectivity index is 0.000000187. The van der Waals surface area contributed by atoms with E-state index in [-0.39, 0.29) is 6.04 Å². The number of hydrogen-bond donors (Lipinski definition) is 0. The zero-order valence-corrected chi connectivity index (χ0v) is 41.6. The molecule has 0 saturated heterocycles. The van der Waals surface area contributed by atoms with Crippen LogP contribution in [-0.2, 0) is 46.5 Å². The summed E-state index contributed by atoms with van der Waals surface area (Å²) in [5.74, 6) is 1.79. The standard InChI is InChI=1S/2C25H29.C4H7F3Si.2ClH.Zr/c2*1-2-19-12-14-22(15-13-19)24-11-7-10-23-17-21(18-25(23)24)16-20-8-5-3-4-6-9-20;1-8-3-2-4(5,6)7;;;/h2*7,10-15,17-18,20H,2-6,8-9,16H2,1H3;2-3H2,1H3;2*1H;/q2*-1;;;;+4/p-2. The van der Waals surface area contributed by atoms with Gasteiger partial charge in [0.1, 0.15) is 0 Å². The van der Waals surface area contributed by atoms with Crippen LogP contribution < -0.4 is 0 Å². The van der Waals surface area contributed by atoms with E-state index in [4.69, 9.17) is 17.0 Å². The number of alkyl halides is 3. The average Bonchev–Trinajstić information content (AvgIpc) is 3.66. The molecule has 7 heteroatoms. The van der Waals surface area contributed by atoms with Gasteiger partial charge in [-0.2, -0.15) is 25.3 Å². The predicted octanol–water partition coefficient (Wildman–Crippen LogP) is 18.1. The Bertz CT molecular complexity index is 1970. The van der Waals surface area contributed by atoms with Crippen LogP contribution in [0.15, 0.2) is 109 Å². The van der Waals surface area contributed by atoms with Gasteiger partial charge in [-0.05, 0) is 59.8 Å². The van der Waals surface area contributed by atoms with E-state index in [0.717, 1.165) is 24.7 Å². The molecule has 2 aliphatic rings. The number of rotatable bonds is 10. The van der Waals surface area contributed by atoms with Crippen molar-refractivity contribution in [1.29, 1.82) is 0 Å². The van der Waals surface area contributed by atoms with Gasteiger partial charge in [-0.25, -0.2) is 0 Å². The number of fused-ring (bicyclic) bond motifs is 2. The van der Waals surface area contributed by atoms with Gasteiger partial charge in [0.05, 0.1) is 0 Å². The molecule has 2 aliphatic carbocycles. The summed E-state index contributed by atoms with van der Waals surface area (Å²) in [5.41, 5.74) is 11.3. The van der Waals surface area contributed by atoms with Gasteiger partial charge in [0.15, 0.2) is 0 Å². The first-order chi connectivity index (χ1) is 29.6. The number of benzene rings is 4. The molecular formula is C54H65Cl2F3SiZr. The summed E-state index contributed by atoms with van der Waals surface area (Å²) < 4.78 is 33.7. The summed E-state index contributed by atoms with van der Waals surface area (Å²) in [5, 5.41) is 5.66. The van der Waals surface area contributed by atoms with Crippen LogP contribution >= 0.6 is 17.0 Å². The van der Waals surface area contributed by atoms with Crippen molar-refractivity contribution in [2.45, 2.75) is 142 Å². The normalized spacial score (nSPS) is 15.0. The Morgan fingerprint density at radius 3 is 1.28 bits per heavy atom. The zero-order chi connectivity index (χ0) is 43.5. The third kappa shape index (κ3) is 16.3. The number of hydrogen-bond acceptors (Lipinski definition) is 0. The molecule has 0 unspecified atom stereocenters. The average molecular weight is 961 g/mol. The summed E-state index contributed by atoms with van der Waals surface area (Å²) in [6.45, 7) is 6.20. The summed E-state index contributed by atoms with van der Waals surface area (Å²) in [4.78, 5) is 0. The molecule has 0 amide bonds. The molecule has 0 bridgehead atoms. The van der Waals surface area contributed by atoms with Crippen LogP contribution in [0.5, 0.6) is 0 Å². The Morgan fingerprint density at radius 2 is 0.967 bits per heavy atom. The second-order valence-corrected chi connectivity index (χ2v) is 22.0. The van der Waals surface area contributed by atoms with Gasteiger partial charge in [0, 0.05) is 15.9 Å². The molecule has 0 aliphatic heterocycles. The van der Waals surface area contributed by atoms with Crippen molar-refractivity contribution in [3.05, 3.63) is 131 Å². The number of halogens is 5. The molecule has 61 heavy (non-hydrogen) atoms. The van der Waals surface area contributed by atoms with E-state index in [9.17, 15) is 13.2 Å². The molecule has 2 radical (unpaired) electrons. The molecule has 0 heterocycles. The van der Waals surface area contributed by atoms with Gasteiger partial charge in [0.2, 0.25) is 0 Å². The van der Waals surface area contributed by atoms with E-state index >= 15 is 0 Å². The van der Waals surface area contributed by atoms with Crippen LogP contribution in [0, 0.1) is 11.8 Å². The van der Waals surface area contributed by atoms with Crippen molar-refractivity contribution < 1.29 is 34.0 Å². The molecule has 6 aromatic rings. The van der Waals surface area contributed by atoms with Crippen molar-refractivity contribution in [2.75, 3.05) is 0 Å². The zero-order valence-electron chi connectivity index (χ0n) is 36.7. The molecular weight excluding hydrogens is 896 g/mol. The molecule has 0 atom stereocenters. The fourth-order valence-electron chi connectivity index (χ4n) is 9.24. The molecule has 8 rings (SSSR count). The van der Waals surface area contributed by atoms with Crippen LogP contribution in [0.25, 0.3) is 43.8 Å². The summed E-state index contributed by atoms with van der Waals surface area (Å²) in [7, 11) is 10.3. The first kappa shape index (κ1) is 49.6. The predicted molar refractivity (Wildman–Crippen MR) is 257 cm³/mol. The third-order valence-electron chi connectivity index (χ3n) is 12.6. The van der Waals surface area contributed by atoms with Gasteiger partial charge in [-0.3, -0.25) is 0 Å². The summed E-state index contributed by atoms with van der Waals surface area (Å²) >= 11 is -0.826. The van der Waals surface area contributed by atoms with Crippen LogP contribution in [0.3, 0.4) is 0 Å². The first-order valence-electron chi connectivity index (χ1n) is 22.9. The molecule has 6 aromatic carbocycles. The molecule has 2 saturated carbocycles. The maximum atomic E-state index is 11.2. The van der Waals surface area contributed by atoms with Gasteiger partial charge in [0.25, 0.3) is 0 Å². The molecule has 0 aromatic heterocycles. The van der Waals surface area contributed by atoms with E-state index < -0.39 is 33.4 Å². The Labute approximate surface area is 386 Å². The van der Waals surface area contributed by atoms with E-state index in [1.54, 1.807) is 17.7 Å². The van der Waals surface area contributed by atoms with Crippen molar-refractivity contribution in [1.82, 2.24) is 0 Å². The fraction of sp³-hybridized carbons (Fsp3) is 0.444.